The van der Waals surface area contributed by atoms with Gasteiger partial charge in [-0.25, -0.2) is 4.98 Å². The highest BCUT2D eigenvalue weighted by Gasteiger charge is 2.11. The van der Waals surface area contributed by atoms with E-state index in [4.69, 9.17) is 17.3 Å². The Morgan fingerprint density at radius 1 is 1.48 bits per heavy atom. The number of rotatable bonds is 4. The number of aliphatic imine (C=N–C) groups is 2. The van der Waals surface area contributed by atoms with Crippen LogP contribution >= 0.6 is 27.5 Å². The summed E-state index contributed by atoms with van der Waals surface area (Å²) in [6, 6.07) is 3.54. The molecule has 1 aromatic carbocycles. The van der Waals surface area contributed by atoms with Gasteiger partial charge >= 0.3 is 0 Å². The summed E-state index contributed by atoms with van der Waals surface area (Å²) in [4.78, 5) is 16.1. The lowest BCUT2D eigenvalue weighted by atomic mass is 10.2. The molecule has 0 radical (unpaired) electrons. The quantitative estimate of drug-likeness (QED) is 0.480. The summed E-state index contributed by atoms with van der Waals surface area (Å²) in [5, 5.41) is 3.22. The van der Waals surface area contributed by atoms with Gasteiger partial charge in [0, 0.05) is 12.4 Å². The van der Waals surface area contributed by atoms with Crippen molar-refractivity contribution in [2.75, 3.05) is 11.1 Å². The minimum absolute atomic E-state index is 0.135. The van der Waals surface area contributed by atoms with E-state index in [-0.39, 0.29) is 5.28 Å². The fourth-order valence-electron chi connectivity index (χ4n) is 1.66. The molecule has 2 rings (SSSR count). The zero-order chi connectivity index (χ0) is 15.4. The molecule has 6 nitrogen and oxygen atoms in total. The number of nitrogens with one attached hydrogen (secondary N) is 1. The van der Waals surface area contributed by atoms with Crippen molar-refractivity contribution < 1.29 is 0 Å². The van der Waals surface area contributed by atoms with Crippen LogP contribution in [0.25, 0.3) is 0 Å². The van der Waals surface area contributed by atoms with Gasteiger partial charge in [-0.3, -0.25) is 9.98 Å². The second-order valence-corrected chi connectivity index (χ2v) is 5.09. The minimum atomic E-state index is 0.135. The molecule has 1 heterocycles. The second kappa shape index (κ2) is 6.64. The first-order valence-electron chi connectivity index (χ1n) is 5.89. The van der Waals surface area contributed by atoms with Crippen LogP contribution in [0.4, 0.5) is 28.6 Å². The van der Waals surface area contributed by atoms with Crippen LogP contribution in [0.15, 0.2) is 32.8 Å². The Morgan fingerprint density at radius 2 is 2.24 bits per heavy atom. The third kappa shape index (κ3) is 3.37. The van der Waals surface area contributed by atoms with Crippen molar-refractivity contribution in [1.82, 2.24) is 9.97 Å². The number of anilines is 3. The molecule has 108 valence electrons. The molecule has 0 aliphatic heterocycles. The van der Waals surface area contributed by atoms with Crippen molar-refractivity contribution in [2.45, 2.75) is 6.92 Å². The summed E-state index contributed by atoms with van der Waals surface area (Å²) < 4.78 is 0.665. The first-order valence-corrected chi connectivity index (χ1v) is 7.06. The Morgan fingerprint density at radius 3 is 2.90 bits per heavy atom. The van der Waals surface area contributed by atoms with Crippen LogP contribution in [-0.4, -0.2) is 22.9 Å². The molecule has 0 fully saturated rings. The van der Waals surface area contributed by atoms with Crippen LogP contribution < -0.4 is 11.1 Å². The van der Waals surface area contributed by atoms with Gasteiger partial charge in [0.15, 0.2) is 0 Å². The lowest BCUT2D eigenvalue weighted by Gasteiger charge is -2.13. The summed E-state index contributed by atoms with van der Waals surface area (Å²) >= 11 is 9.14. The van der Waals surface area contributed by atoms with E-state index in [0.29, 0.717) is 33.0 Å². The molecule has 8 heteroatoms. The molecular weight excluding hydrogens is 356 g/mol. The van der Waals surface area contributed by atoms with Gasteiger partial charge in [-0.1, -0.05) is 0 Å². The average Bonchev–Trinajstić information content (AvgIpc) is 2.47. The smallest absolute Gasteiger partial charge is 0.224 e. The highest BCUT2D eigenvalue weighted by Crippen LogP contribution is 2.40. The van der Waals surface area contributed by atoms with Gasteiger partial charge in [-0.05, 0) is 53.3 Å². The van der Waals surface area contributed by atoms with Crippen LogP contribution in [0.2, 0.25) is 5.28 Å². The first kappa shape index (κ1) is 15.4. The molecule has 1 aromatic heterocycles. The third-order valence-corrected chi connectivity index (χ3v) is 3.35. The predicted molar refractivity (Wildman–Crippen MR) is 91.9 cm³/mol. The van der Waals surface area contributed by atoms with E-state index < -0.39 is 0 Å². The number of nitrogens with two attached hydrogens (primary N) is 1. The number of hydrogen-bond donors (Lipinski definition) is 2. The maximum absolute atomic E-state index is 6.13. The van der Waals surface area contributed by atoms with Crippen LogP contribution in [0.5, 0.6) is 0 Å². The van der Waals surface area contributed by atoms with E-state index in [1.807, 2.05) is 0 Å². The molecule has 0 unspecified atom stereocenters. The van der Waals surface area contributed by atoms with E-state index in [0.717, 1.165) is 0 Å². The van der Waals surface area contributed by atoms with Crippen molar-refractivity contribution >= 4 is 69.0 Å². The Balaban J connectivity index is 2.48. The summed E-state index contributed by atoms with van der Waals surface area (Å²) in [6.45, 7) is 5.31. The lowest BCUT2D eigenvalue weighted by Crippen LogP contribution is -2.00. The summed E-state index contributed by atoms with van der Waals surface area (Å²) in [7, 11) is 0. The van der Waals surface area contributed by atoms with E-state index in [1.165, 1.54) is 0 Å². The zero-order valence-corrected chi connectivity index (χ0v) is 13.5. The van der Waals surface area contributed by atoms with Crippen molar-refractivity contribution in [1.29, 1.82) is 0 Å². The Bertz CT molecular complexity index is 716. The molecule has 0 aliphatic rings. The lowest BCUT2D eigenvalue weighted by molar-refractivity contribution is 1.15. The summed E-state index contributed by atoms with van der Waals surface area (Å²) in [6.07, 6.45) is 3.19. The van der Waals surface area contributed by atoms with Crippen LogP contribution in [0.3, 0.4) is 0 Å². The zero-order valence-electron chi connectivity index (χ0n) is 11.1. The number of benzene rings is 1. The van der Waals surface area contributed by atoms with Crippen molar-refractivity contribution in [2.24, 2.45) is 9.98 Å². The SMILES string of the molecule is C=Nc1ccc(Nc2nc(Cl)ncc2Br)c(N)c1/N=C\C. The Labute approximate surface area is 135 Å². The molecule has 0 aliphatic carbocycles. The number of halogens is 2. The van der Waals surface area contributed by atoms with Gasteiger partial charge in [0.2, 0.25) is 5.28 Å². The van der Waals surface area contributed by atoms with Gasteiger partial charge in [-0.2, -0.15) is 4.98 Å². The summed E-state index contributed by atoms with van der Waals surface area (Å²) in [5.74, 6) is 0.507. The molecule has 0 saturated carbocycles. The van der Waals surface area contributed by atoms with E-state index in [2.05, 4.69) is 47.9 Å². The van der Waals surface area contributed by atoms with Gasteiger partial charge in [-0.15, -0.1) is 0 Å². The minimum Gasteiger partial charge on any atom is -0.395 e. The molecule has 0 atom stereocenters. The topological polar surface area (TPSA) is 88.5 Å². The van der Waals surface area contributed by atoms with Crippen molar-refractivity contribution in [3.05, 3.63) is 28.1 Å². The molecular formula is C13H12BrClN6. The molecule has 0 spiro atoms. The number of aromatic nitrogens is 2. The fourth-order valence-corrected chi connectivity index (χ4v) is 2.08. The molecule has 0 bridgehead atoms. The second-order valence-electron chi connectivity index (χ2n) is 3.90. The first-order chi connectivity index (χ1) is 10.1. The average molecular weight is 368 g/mol. The van der Waals surface area contributed by atoms with Gasteiger partial charge < -0.3 is 11.1 Å². The molecule has 0 saturated heterocycles. The standard InChI is InChI=1S/C13H12BrClN6/c1-3-18-11-9(17-2)5-4-8(10(11)16)20-12-7(14)6-19-13(15)21-12/h3-6H,2,16H2,1H3,(H,19,20,21)/b18-3-. The highest BCUT2D eigenvalue weighted by molar-refractivity contribution is 9.10. The maximum Gasteiger partial charge on any atom is 0.224 e. The fraction of sp³-hybridized carbons (Fsp3) is 0.0769. The highest BCUT2D eigenvalue weighted by atomic mass is 79.9. The van der Waals surface area contributed by atoms with E-state index >= 15 is 0 Å². The Hall–Kier alpha value is -1.99. The monoisotopic (exact) mass is 366 g/mol. The molecule has 2 aromatic rings. The third-order valence-electron chi connectivity index (χ3n) is 2.59. The van der Waals surface area contributed by atoms with Gasteiger partial charge in [0.25, 0.3) is 0 Å². The van der Waals surface area contributed by atoms with E-state index in [1.54, 1.807) is 31.5 Å². The predicted octanol–water partition coefficient (Wildman–Crippen LogP) is 4.27. The molecule has 3 N–H and O–H groups in total. The number of nitrogen functional groups attached to an aromatic ring is 1. The van der Waals surface area contributed by atoms with Crippen LogP contribution in [-0.2, 0) is 0 Å². The van der Waals surface area contributed by atoms with Crippen molar-refractivity contribution in [3.63, 3.8) is 0 Å². The van der Waals surface area contributed by atoms with E-state index in [9.17, 15) is 0 Å². The largest absolute Gasteiger partial charge is 0.395 e. The maximum atomic E-state index is 6.13. The summed E-state index contributed by atoms with van der Waals surface area (Å²) in [5.41, 5.74) is 8.36. The normalized spacial score (nSPS) is 10.8. The van der Waals surface area contributed by atoms with Gasteiger partial charge in [0.05, 0.1) is 21.5 Å². The van der Waals surface area contributed by atoms with Crippen LogP contribution in [0.1, 0.15) is 6.92 Å². The number of hydrogen-bond acceptors (Lipinski definition) is 6. The van der Waals surface area contributed by atoms with Crippen molar-refractivity contribution in [3.8, 4) is 0 Å². The molecule has 21 heavy (non-hydrogen) atoms. The Kier molecular flexibility index (Phi) is 4.87. The number of nitrogens with zero attached hydrogens (tertiary/aromatic N) is 4. The molecule has 0 amide bonds. The van der Waals surface area contributed by atoms with Crippen LogP contribution in [0, 0.1) is 0 Å². The van der Waals surface area contributed by atoms with Gasteiger partial charge in [0.1, 0.15) is 11.5 Å².